The number of hydrogen-bond acceptors (Lipinski definition) is 7. The molecule has 2 N–H and O–H groups in total. The molecule has 0 spiro atoms. The zero-order valence-electron chi connectivity index (χ0n) is 16.4. The van der Waals surface area contributed by atoms with Gasteiger partial charge in [0.1, 0.15) is 0 Å². The molecule has 0 radical (unpaired) electrons. The van der Waals surface area contributed by atoms with Crippen molar-refractivity contribution in [1.82, 2.24) is 20.3 Å². The molecule has 0 atom stereocenters. The summed E-state index contributed by atoms with van der Waals surface area (Å²) >= 11 is 1.52. The average molecular weight is 445 g/mol. The summed E-state index contributed by atoms with van der Waals surface area (Å²) < 4.78 is 31.7. The Morgan fingerprint density at radius 1 is 1.23 bits per heavy atom. The number of halogens is 3. The SMILES string of the molecule is CC(C)CNC(=O)c1nc2c(s1)CCN(c1ncccn1)CC2.O=C(O)C(F)(F)F. The fourth-order valence-electron chi connectivity index (χ4n) is 2.49. The summed E-state index contributed by atoms with van der Waals surface area (Å²) in [7, 11) is 0. The van der Waals surface area contributed by atoms with Crippen LogP contribution in [0.5, 0.6) is 0 Å². The van der Waals surface area contributed by atoms with Gasteiger partial charge in [-0.25, -0.2) is 19.7 Å². The Morgan fingerprint density at radius 3 is 2.40 bits per heavy atom. The molecule has 0 aromatic carbocycles. The second kappa shape index (κ2) is 10.3. The molecular formula is C18H22F3N5O3S. The van der Waals surface area contributed by atoms with Crippen molar-refractivity contribution in [3.05, 3.63) is 34.0 Å². The van der Waals surface area contributed by atoms with Gasteiger partial charge >= 0.3 is 12.1 Å². The molecule has 0 fully saturated rings. The standard InChI is InChI=1S/C16H21N5OS.C2HF3O2/c1-11(2)10-19-14(22)15-20-12-4-8-21(9-5-13(12)23-15)16-17-6-3-7-18-16;3-2(4,5)1(6)7/h3,6-7,11H,4-5,8-10H2,1-2H3,(H,19,22);(H,6,7). The van der Waals surface area contributed by atoms with Gasteiger partial charge in [-0.15, -0.1) is 11.3 Å². The Hall–Kier alpha value is -2.76. The van der Waals surface area contributed by atoms with Crippen molar-refractivity contribution in [2.75, 3.05) is 24.5 Å². The Balaban J connectivity index is 0.000000396. The second-order valence-corrected chi connectivity index (χ2v) is 7.92. The van der Waals surface area contributed by atoms with Crippen LogP contribution >= 0.6 is 11.3 Å². The van der Waals surface area contributed by atoms with Gasteiger partial charge in [-0.1, -0.05) is 13.8 Å². The molecule has 30 heavy (non-hydrogen) atoms. The molecule has 1 aliphatic rings. The minimum Gasteiger partial charge on any atom is -0.475 e. The molecule has 2 aromatic rings. The van der Waals surface area contributed by atoms with E-state index in [0.717, 1.165) is 37.6 Å². The molecule has 1 aliphatic heterocycles. The van der Waals surface area contributed by atoms with E-state index >= 15 is 0 Å². The highest BCUT2D eigenvalue weighted by atomic mass is 32.1. The van der Waals surface area contributed by atoms with Gasteiger partial charge in [-0.05, 0) is 12.0 Å². The highest BCUT2D eigenvalue weighted by Gasteiger charge is 2.38. The number of aromatic nitrogens is 3. The van der Waals surface area contributed by atoms with Crippen LogP contribution in [-0.4, -0.2) is 57.7 Å². The first kappa shape index (κ1) is 23.5. The number of nitrogens with one attached hydrogen (secondary N) is 1. The number of carboxylic acids is 1. The predicted molar refractivity (Wildman–Crippen MR) is 105 cm³/mol. The quantitative estimate of drug-likeness (QED) is 0.745. The summed E-state index contributed by atoms with van der Waals surface area (Å²) in [6.07, 6.45) is 0.140. The van der Waals surface area contributed by atoms with E-state index in [2.05, 4.69) is 39.0 Å². The average Bonchev–Trinajstić information content (AvgIpc) is 2.99. The van der Waals surface area contributed by atoms with Crippen molar-refractivity contribution < 1.29 is 27.9 Å². The van der Waals surface area contributed by atoms with Crippen LogP contribution in [0.1, 0.15) is 34.2 Å². The highest BCUT2D eigenvalue weighted by Crippen LogP contribution is 2.24. The summed E-state index contributed by atoms with van der Waals surface area (Å²) in [6.45, 7) is 6.53. The van der Waals surface area contributed by atoms with E-state index in [-0.39, 0.29) is 5.91 Å². The molecule has 0 saturated carbocycles. The van der Waals surface area contributed by atoms with Crippen LogP contribution in [0.2, 0.25) is 0 Å². The fraction of sp³-hybridized carbons (Fsp3) is 0.500. The molecule has 0 unspecified atom stereocenters. The van der Waals surface area contributed by atoms with Gasteiger partial charge in [-0.3, -0.25) is 4.79 Å². The Bertz CT molecular complexity index is 833. The van der Waals surface area contributed by atoms with Crippen LogP contribution in [-0.2, 0) is 17.6 Å². The van der Waals surface area contributed by atoms with E-state index in [0.29, 0.717) is 17.5 Å². The van der Waals surface area contributed by atoms with Crippen LogP contribution in [0.15, 0.2) is 18.5 Å². The lowest BCUT2D eigenvalue weighted by Gasteiger charge is -2.19. The number of amides is 1. The first-order chi connectivity index (χ1) is 14.1. The molecule has 164 valence electrons. The summed E-state index contributed by atoms with van der Waals surface area (Å²) in [5.41, 5.74) is 1.04. The number of aliphatic carboxylic acids is 1. The smallest absolute Gasteiger partial charge is 0.475 e. The maximum Gasteiger partial charge on any atom is 0.490 e. The maximum absolute atomic E-state index is 12.1. The number of rotatable bonds is 4. The highest BCUT2D eigenvalue weighted by molar-refractivity contribution is 7.13. The van der Waals surface area contributed by atoms with Gasteiger partial charge < -0.3 is 15.3 Å². The van der Waals surface area contributed by atoms with Crippen LogP contribution in [0, 0.1) is 5.92 Å². The number of hydrogen-bond donors (Lipinski definition) is 2. The van der Waals surface area contributed by atoms with E-state index in [1.165, 1.54) is 16.2 Å². The Morgan fingerprint density at radius 2 is 1.83 bits per heavy atom. The van der Waals surface area contributed by atoms with E-state index in [9.17, 15) is 18.0 Å². The van der Waals surface area contributed by atoms with E-state index in [4.69, 9.17) is 9.90 Å². The number of carbonyl (C=O) groups is 2. The molecular weight excluding hydrogens is 423 g/mol. The van der Waals surface area contributed by atoms with E-state index in [1.807, 2.05) is 6.07 Å². The lowest BCUT2D eigenvalue weighted by atomic mass is 10.2. The van der Waals surface area contributed by atoms with Crippen LogP contribution in [0.4, 0.5) is 19.1 Å². The minimum atomic E-state index is -5.08. The summed E-state index contributed by atoms with van der Waals surface area (Å²) in [5, 5.41) is 10.6. The summed E-state index contributed by atoms with van der Waals surface area (Å²) in [4.78, 5) is 37.6. The van der Waals surface area contributed by atoms with E-state index in [1.54, 1.807) is 12.4 Å². The van der Waals surface area contributed by atoms with Gasteiger partial charge in [0.25, 0.3) is 5.91 Å². The first-order valence-corrected chi connectivity index (χ1v) is 9.98. The zero-order chi connectivity index (χ0) is 22.3. The number of fused-ring (bicyclic) bond motifs is 1. The van der Waals surface area contributed by atoms with Crippen molar-refractivity contribution in [2.45, 2.75) is 32.9 Å². The minimum absolute atomic E-state index is 0.0555. The predicted octanol–water partition coefficient (Wildman–Crippen LogP) is 2.56. The zero-order valence-corrected chi connectivity index (χ0v) is 17.3. The maximum atomic E-state index is 12.1. The van der Waals surface area contributed by atoms with Gasteiger partial charge in [0, 0.05) is 49.7 Å². The van der Waals surface area contributed by atoms with Crippen molar-refractivity contribution in [3.63, 3.8) is 0 Å². The summed E-state index contributed by atoms with van der Waals surface area (Å²) in [6, 6.07) is 1.82. The fourth-order valence-corrected chi connectivity index (χ4v) is 3.50. The van der Waals surface area contributed by atoms with Gasteiger partial charge in [0.05, 0.1) is 5.69 Å². The van der Waals surface area contributed by atoms with Crippen molar-refractivity contribution >= 4 is 29.2 Å². The van der Waals surface area contributed by atoms with Crippen molar-refractivity contribution in [1.29, 1.82) is 0 Å². The molecule has 12 heteroatoms. The lowest BCUT2D eigenvalue weighted by Crippen LogP contribution is -2.28. The Kier molecular flexibility index (Phi) is 8.09. The number of nitrogens with zero attached hydrogens (tertiary/aromatic N) is 4. The molecule has 3 rings (SSSR count). The van der Waals surface area contributed by atoms with Crippen LogP contribution in [0.25, 0.3) is 0 Å². The van der Waals surface area contributed by atoms with Gasteiger partial charge in [0.15, 0.2) is 5.01 Å². The second-order valence-electron chi connectivity index (χ2n) is 6.83. The third kappa shape index (κ3) is 6.94. The lowest BCUT2D eigenvalue weighted by molar-refractivity contribution is -0.192. The van der Waals surface area contributed by atoms with Crippen LogP contribution < -0.4 is 10.2 Å². The van der Waals surface area contributed by atoms with Crippen LogP contribution in [0.3, 0.4) is 0 Å². The topological polar surface area (TPSA) is 108 Å². The number of anilines is 1. The van der Waals surface area contributed by atoms with E-state index < -0.39 is 12.1 Å². The van der Waals surface area contributed by atoms with Gasteiger partial charge in [0.2, 0.25) is 5.95 Å². The number of alkyl halides is 3. The summed E-state index contributed by atoms with van der Waals surface area (Å²) in [5.74, 6) is -1.61. The van der Waals surface area contributed by atoms with Crippen molar-refractivity contribution in [3.8, 4) is 0 Å². The monoisotopic (exact) mass is 445 g/mol. The molecule has 0 bridgehead atoms. The van der Waals surface area contributed by atoms with Crippen molar-refractivity contribution in [2.24, 2.45) is 5.92 Å². The largest absolute Gasteiger partial charge is 0.490 e. The molecule has 8 nitrogen and oxygen atoms in total. The number of carboxylic acid groups (broad SMARTS) is 1. The van der Waals surface area contributed by atoms with Gasteiger partial charge in [-0.2, -0.15) is 13.2 Å². The molecule has 3 heterocycles. The molecule has 0 aliphatic carbocycles. The normalized spacial score (nSPS) is 13.7. The molecule has 2 aromatic heterocycles. The third-order valence-corrected chi connectivity index (χ3v) is 5.10. The Labute approximate surface area is 175 Å². The molecule has 0 saturated heterocycles. The molecule has 1 amide bonds. The first-order valence-electron chi connectivity index (χ1n) is 9.16. The number of thiazole rings is 1. The third-order valence-electron chi connectivity index (χ3n) is 3.95. The number of carbonyl (C=O) groups excluding carboxylic acids is 1.